The summed E-state index contributed by atoms with van der Waals surface area (Å²) in [4.78, 5) is 25.0. The molecule has 0 fully saturated rings. The summed E-state index contributed by atoms with van der Waals surface area (Å²) in [5, 5.41) is 0. The van der Waals surface area contributed by atoms with Crippen LogP contribution in [0.3, 0.4) is 0 Å². The molecule has 2 heterocycles. The average Bonchev–Trinajstić information content (AvgIpc) is 3.24. The average molecular weight is 494 g/mol. The summed E-state index contributed by atoms with van der Waals surface area (Å²) in [7, 11) is 9.11. The molecule has 0 saturated heterocycles. The number of nitrogens with zero attached hydrogens (tertiary/aromatic N) is 5. The molecule has 0 spiro atoms. The molecule has 0 bridgehead atoms. The van der Waals surface area contributed by atoms with Crippen LogP contribution in [0.2, 0.25) is 0 Å². The standard InChI is InChI=1S/C28H36FN5O2/c1-19(2)23(27(30-3)28(35)33(6)7)13-15-36-25-16-21(29)9-10-24(25)20-8-11-26-31-17-22(34(26)18-20)12-14-32(4)5/h8-11,16-18H,12-15H2,1-7H3. The van der Waals surface area contributed by atoms with Crippen LogP contribution in [0, 0.1) is 5.82 Å². The molecule has 0 aliphatic heterocycles. The van der Waals surface area contributed by atoms with Crippen molar-refractivity contribution in [1.82, 2.24) is 19.2 Å². The summed E-state index contributed by atoms with van der Waals surface area (Å²) in [6.45, 7) is 5.09. The molecule has 0 saturated carbocycles. The van der Waals surface area contributed by atoms with Crippen molar-refractivity contribution >= 4 is 17.3 Å². The van der Waals surface area contributed by atoms with E-state index in [1.807, 2.05) is 52.5 Å². The van der Waals surface area contributed by atoms with Crippen LogP contribution in [-0.2, 0) is 11.2 Å². The van der Waals surface area contributed by atoms with Crippen molar-refractivity contribution < 1.29 is 13.9 Å². The van der Waals surface area contributed by atoms with Gasteiger partial charge >= 0.3 is 0 Å². The molecule has 8 heteroatoms. The second kappa shape index (κ2) is 11.9. The van der Waals surface area contributed by atoms with Crippen molar-refractivity contribution in [3.05, 3.63) is 65.4 Å². The lowest BCUT2D eigenvalue weighted by atomic mass is 10.0. The quantitative estimate of drug-likeness (QED) is 0.390. The maximum atomic E-state index is 14.2. The number of carbonyl (C=O) groups excluding carboxylic acids is 1. The van der Waals surface area contributed by atoms with Crippen LogP contribution in [0.15, 0.2) is 58.9 Å². The molecule has 0 atom stereocenters. The van der Waals surface area contributed by atoms with Gasteiger partial charge in [-0.2, -0.15) is 0 Å². The normalized spacial score (nSPS) is 11.8. The van der Waals surface area contributed by atoms with E-state index in [1.165, 1.54) is 17.0 Å². The Morgan fingerprint density at radius 1 is 1.14 bits per heavy atom. The summed E-state index contributed by atoms with van der Waals surface area (Å²) in [5.74, 6) is -0.0737. The van der Waals surface area contributed by atoms with Crippen molar-refractivity contribution in [2.45, 2.75) is 26.7 Å². The molecule has 0 N–H and O–H groups in total. The third-order valence-electron chi connectivity index (χ3n) is 5.98. The highest BCUT2D eigenvalue weighted by molar-refractivity contribution is 6.45. The zero-order valence-corrected chi connectivity index (χ0v) is 22.3. The summed E-state index contributed by atoms with van der Waals surface area (Å²) in [6.07, 6.45) is 5.25. The summed E-state index contributed by atoms with van der Waals surface area (Å²) in [6, 6.07) is 8.50. The number of pyridine rings is 1. The fourth-order valence-corrected chi connectivity index (χ4v) is 4.01. The topological polar surface area (TPSA) is 62.4 Å². The van der Waals surface area contributed by atoms with Crippen LogP contribution < -0.4 is 4.74 Å². The smallest absolute Gasteiger partial charge is 0.271 e. The van der Waals surface area contributed by atoms with Crippen LogP contribution in [0.5, 0.6) is 5.75 Å². The maximum Gasteiger partial charge on any atom is 0.271 e. The van der Waals surface area contributed by atoms with E-state index in [0.717, 1.165) is 46.6 Å². The first-order valence-electron chi connectivity index (χ1n) is 12.0. The maximum absolute atomic E-state index is 14.2. The molecule has 192 valence electrons. The molecule has 0 radical (unpaired) electrons. The summed E-state index contributed by atoms with van der Waals surface area (Å²) in [5.41, 5.74) is 5.90. The Balaban J connectivity index is 1.87. The number of ether oxygens (including phenoxy) is 1. The van der Waals surface area contributed by atoms with Crippen molar-refractivity contribution in [3.63, 3.8) is 0 Å². The molecule has 3 aromatic rings. The first kappa shape index (κ1) is 27.1. The Labute approximate surface area is 212 Å². The number of carbonyl (C=O) groups is 1. The highest BCUT2D eigenvalue weighted by Crippen LogP contribution is 2.32. The van der Waals surface area contributed by atoms with Crippen molar-refractivity contribution in [1.29, 1.82) is 0 Å². The number of hydrogen-bond donors (Lipinski definition) is 0. The third-order valence-corrected chi connectivity index (χ3v) is 5.98. The van der Waals surface area contributed by atoms with Gasteiger partial charge < -0.3 is 18.9 Å². The van der Waals surface area contributed by atoms with E-state index in [9.17, 15) is 9.18 Å². The Morgan fingerprint density at radius 2 is 1.89 bits per heavy atom. The number of benzene rings is 1. The van der Waals surface area contributed by atoms with Crippen molar-refractivity contribution in [2.24, 2.45) is 4.99 Å². The van der Waals surface area contributed by atoms with E-state index in [0.29, 0.717) is 17.9 Å². The van der Waals surface area contributed by atoms with E-state index < -0.39 is 0 Å². The minimum Gasteiger partial charge on any atom is -0.492 e. The molecule has 0 aliphatic carbocycles. The van der Waals surface area contributed by atoms with E-state index in [-0.39, 0.29) is 18.3 Å². The molecule has 0 unspecified atom stereocenters. The third kappa shape index (κ3) is 6.37. The van der Waals surface area contributed by atoms with Crippen LogP contribution in [0.1, 0.15) is 26.0 Å². The number of rotatable bonds is 10. The van der Waals surface area contributed by atoms with Gasteiger partial charge in [0.2, 0.25) is 0 Å². The molecular formula is C28H36FN5O2. The van der Waals surface area contributed by atoms with E-state index >= 15 is 0 Å². The van der Waals surface area contributed by atoms with Crippen LogP contribution in [0.25, 0.3) is 16.8 Å². The highest BCUT2D eigenvalue weighted by Gasteiger charge is 2.19. The second-order valence-corrected chi connectivity index (χ2v) is 9.44. The summed E-state index contributed by atoms with van der Waals surface area (Å²) >= 11 is 0. The van der Waals surface area contributed by atoms with Gasteiger partial charge in [-0.1, -0.05) is 5.57 Å². The number of fused-ring (bicyclic) bond motifs is 1. The highest BCUT2D eigenvalue weighted by atomic mass is 19.1. The van der Waals surface area contributed by atoms with E-state index in [1.54, 1.807) is 27.2 Å². The second-order valence-electron chi connectivity index (χ2n) is 9.44. The minimum absolute atomic E-state index is 0.154. The molecular weight excluding hydrogens is 457 g/mol. The van der Waals surface area contributed by atoms with Crippen molar-refractivity contribution in [2.75, 3.05) is 48.4 Å². The molecule has 0 aliphatic rings. The minimum atomic E-state index is -0.370. The molecule has 2 aromatic heterocycles. The Morgan fingerprint density at radius 3 is 2.53 bits per heavy atom. The molecule has 36 heavy (non-hydrogen) atoms. The van der Waals surface area contributed by atoms with Gasteiger partial charge in [-0.3, -0.25) is 9.79 Å². The molecule has 1 aromatic carbocycles. The Bertz CT molecular complexity index is 1290. The molecule has 1 amide bonds. The lowest BCUT2D eigenvalue weighted by Gasteiger charge is -2.18. The number of aliphatic imine (C=N–C) groups is 1. The monoisotopic (exact) mass is 493 g/mol. The van der Waals surface area contributed by atoms with Crippen LogP contribution >= 0.6 is 0 Å². The fraction of sp³-hybridized carbons (Fsp3) is 0.393. The van der Waals surface area contributed by atoms with Crippen molar-refractivity contribution in [3.8, 4) is 16.9 Å². The lowest BCUT2D eigenvalue weighted by molar-refractivity contribution is -0.121. The summed E-state index contributed by atoms with van der Waals surface area (Å²) < 4.78 is 22.4. The van der Waals surface area contributed by atoms with E-state index in [4.69, 9.17) is 4.74 Å². The van der Waals surface area contributed by atoms with Gasteiger partial charge in [-0.15, -0.1) is 0 Å². The van der Waals surface area contributed by atoms with E-state index in [2.05, 4.69) is 19.3 Å². The van der Waals surface area contributed by atoms with Crippen LogP contribution in [0.4, 0.5) is 4.39 Å². The first-order valence-corrected chi connectivity index (χ1v) is 12.0. The van der Waals surface area contributed by atoms with Gasteiger partial charge in [-0.05, 0) is 57.8 Å². The number of halogens is 1. The number of aromatic nitrogens is 2. The fourth-order valence-electron chi connectivity index (χ4n) is 4.01. The van der Waals surface area contributed by atoms with Gasteiger partial charge in [0, 0.05) is 75.8 Å². The van der Waals surface area contributed by atoms with Gasteiger partial charge in [0.1, 0.15) is 22.9 Å². The number of allylic oxidation sites excluding steroid dienone is 1. The van der Waals surface area contributed by atoms with Crippen LogP contribution in [-0.4, -0.2) is 79.2 Å². The SMILES string of the molecule is CN=C(C(=O)N(C)C)C(CCOc1cc(F)ccc1-c1ccc2ncc(CCN(C)C)n2c1)=C(C)C. The zero-order valence-electron chi connectivity index (χ0n) is 22.3. The predicted octanol–water partition coefficient (Wildman–Crippen LogP) is 4.51. The number of imidazole rings is 1. The lowest BCUT2D eigenvalue weighted by Crippen LogP contribution is -2.32. The van der Waals surface area contributed by atoms with Gasteiger partial charge in [0.05, 0.1) is 6.61 Å². The van der Waals surface area contributed by atoms with Gasteiger partial charge in [0.15, 0.2) is 0 Å². The largest absolute Gasteiger partial charge is 0.492 e. The predicted molar refractivity (Wildman–Crippen MR) is 143 cm³/mol. The van der Waals surface area contributed by atoms with Gasteiger partial charge in [-0.25, -0.2) is 9.37 Å². The number of amides is 1. The zero-order chi connectivity index (χ0) is 26.4. The van der Waals surface area contributed by atoms with Gasteiger partial charge in [0.25, 0.3) is 5.91 Å². The molecule has 3 rings (SSSR count). The number of likely N-dealkylation sites (N-methyl/N-ethyl adjacent to an activating group) is 1. The Kier molecular flexibility index (Phi) is 8.98. The first-order chi connectivity index (χ1) is 17.1. The number of hydrogen-bond acceptors (Lipinski definition) is 5. The Hall–Kier alpha value is -3.52. The molecule has 7 nitrogen and oxygen atoms in total.